The summed E-state index contributed by atoms with van der Waals surface area (Å²) in [7, 11) is -9.95. The average Bonchev–Trinajstić information content (AvgIpc) is 3.30. The standard InChI is InChI=1S/C25H40N2Si6/c1-28(2)29(3,4)32(9,24-16-12-13-17-24)31(7,8)33(10,30(28,5)6)25-18-14-11-15-23(25)19-22(20-26)21-27/h11-19,24H,1-10H3. The molecule has 1 aliphatic carbocycles. The van der Waals surface area contributed by atoms with Crippen molar-refractivity contribution in [1.82, 2.24) is 0 Å². The number of rotatable bonds is 3. The molecular formula is C25H40N2Si6. The molecule has 8 heteroatoms. The van der Waals surface area contributed by atoms with Crippen LogP contribution in [0, 0.1) is 22.7 Å². The van der Waals surface area contributed by atoms with E-state index in [1.54, 1.807) is 5.19 Å². The topological polar surface area (TPSA) is 47.6 Å². The molecule has 174 valence electrons. The molecule has 1 aromatic rings. The van der Waals surface area contributed by atoms with E-state index in [-0.39, 0.29) is 5.57 Å². The van der Waals surface area contributed by atoms with Crippen LogP contribution >= 0.6 is 0 Å². The Morgan fingerprint density at radius 1 is 0.727 bits per heavy atom. The summed E-state index contributed by atoms with van der Waals surface area (Å²) in [5.41, 5.74) is 2.06. The second kappa shape index (κ2) is 8.15. The summed E-state index contributed by atoms with van der Waals surface area (Å²) < 4.78 is 0. The number of nitriles is 2. The molecule has 2 nitrogen and oxygen atoms in total. The van der Waals surface area contributed by atoms with Crippen LogP contribution in [0.5, 0.6) is 0 Å². The maximum Gasteiger partial charge on any atom is 0.130 e. The molecule has 0 saturated carbocycles. The molecule has 0 aromatic heterocycles. The zero-order valence-corrected chi connectivity index (χ0v) is 28.2. The largest absolute Gasteiger partial charge is 0.192 e. The first-order valence-corrected chi connectivity index (χ1v) is 35.1. The molecule has 2 atom stereocenters. The molecule has 0 N–H and O–H groups in total. The van der Waals surface area contributed by atoms with Crippen molar-refractivity contribution in [3.8, 4) is 12.1 Å². The Labute approximate surface area is 206 Å². The van der Waals surface area contributed by atoms with E-state index >= 15 is 0 Å². The molecule has 1 heterocycles. The van der Waals surface area contributed by atoms with Crippen LogP contribution < -0.4 is 5.19 Å². The van der Waals surface area contributed by atoms with Gasteiger partial charge in [-0.3, -0.25) is 0 Å². The molecule has 0 amide bonds. The van der Waals surface area contributed by atoms with Gasteiger partial charge in [0.05, 0.1) is 7.11 Å². The average molecular weight is 537 g/mol. The fraction of sp³-hybridized carbons (Fsp3) is 0.440. The highest BCUT2D eigenvalue weighted by molar-refractivity contribution is 8.15. The molecule has 1 fully saturated rings. The number of hydrogen-bond acceptors (Lipinski definition) is 2. The zero-order chi connectivity index (χ0) is 25.1. The third-order valence-corrected chi connectivity index (χ3v) is 161. The van der Waals surface area contributed by atoms with Gasteiger partial charge in [-0.1, -0.05) is 119 Å². The van der Waals surface area contributed by atoms with E-state index in [0.29, 0.717) is 5.54 Å². The van der Waals surface area contributed by atoms with Gasteiger partial charge >= 0.3 is 0 Å². The SMILES string of the molecule is C[Si]1(C)[Si](C)(C)[Si](C)(c2ccccc2C=C(C#N)C#N)[Si](C)(C)[Si](C)(C2C=CC=C2)[Si]1(C)C. The van der Waals surface area contributed by atoms with Crippen LogP contribution in [-0.2, 0) is 0 Å². The van der Waals surface area contributed by atoms with E-state index in [1.165, 1.54) is 0 Å². The number of benzene rings is 1. The first-order chi connectivity index (χ1) is 15.1. The Balaban J connectivity index is 2.47. The maximum atomic E-state index is 9.53. The fourth-order valence-electron chi connectivity index (χ4n) is 7.78. The maximum absolute atomic E-state index is 9.53. The first-order valence-electron chi connectivity index (χ1n) is 12.1. The molecule has 0 spiro atoms. The lowest BCUT2D eigenvalue weighted by Gasteiger charge is -2.75. The normalized spacial score (nSPS) is 30.9. The van der Waals surface area contributed by atoms with Gasteiger partial charge in [0.1, 0.15) is 17.7 Å². The quantitative estimate of drug-likeness (QED) is 0.336. The molecule has 1 saturated heterocycles. The van der Waals surface area contributed by atoms with Gasteiger partial charge in [0.25, 0.3) is 0 Å². The molecule has 1 aromatic carbocycles. The number of hydrogen-bond donors (Lipinski definition) is 0. The highest BCUT2D eigenvalue weighted by Gasteiger charge is 2.80. The molecule has 1 aliphatic heterocycles. The lowest BCUT2D eigenvalue weighted by Crippen LogP contribution is -3.04. The van der Waals surface area contributed by atoms with Crippen molar-refractivity contribution >= 4 is 53.9 Å². The van der Waals surface area contributed by atoms with E-state index < -0.39 is 42.7 Å². The van der Waals surface area contributed by atoms with E-state index in [0.717, 1.165) is 5.56 Å². The molecule has 2 unspecified atom stereocenters. The summed E-state index contributed by atoms with van der Waals surface area (Å²) in [6.45, 7) is 28.0. The van der Waals surface area contributed by atoms with Crippen LogP contribution in [-0.4, -0.2) is 42.7 Å². The van der Waals surface area contributed by atoms with Crippen LogP contribution in [0.3, 0.4) is 0 Å². The van der Waals surface area contributed by atoms with Gasteiger partial charge < -0.3 is 0 Å². The summed E-state index contributed by atoms with van der Waals surface area (Å²) in [5, 5.41) is 20.6. The van der Waals surface area contributed by atoms with Crippen molar-refractivity contribution < 1.29 is 0 Å². The number of allylic oxidation sites excluding steroid dienone is 5. The summed E-state index contributed by atoms with van der Waals surface area (Å²) in [6.07, 6.45) is 11.6. The van der Waals surface area contributed by atoms with Gasteiger partial charge in [0.2, 0.25) is 0 Å². The molecular weight excluding hydrogens is 497 g/mol. The Kier molecular flexibility index (Phi) is 6.50. The second-order valence-corrected chi connectivity index (χ2v) is 82.6. The summed E-state index contributed by atoms with van der Waals surface area (Å²) in [5.74, 6) is 0. The van der Waals surface area contributed by atoms with Gasteiger partial charge in [0, 0.05) is 35.5 Å². The van der Waals surface area contributed by atoms with E-state index in [4.69, 9.17) is 0 Å². The van der Waals surface area contributed by atoms with E-state index in [2.05, 4.69) is 126 Å². The van der Waals surface area contributed by atoms with Gasteiger partial charge in [-0.15, -0.1) is 0 Å². The van der Waals surface area contributed by atoms with Crippen LogP contribution in [0.4, 0.5) is 0 Å². The minimum absolute atomic E-state index is 0.225. The molecule has 33 heavy (non-hydrogen) atoms. The van der Waals surface area contributed by atoms with Gasteiger partial charge in [-0.05, 0) is 17.2 Å². The minimum atomic E-state index is -1.93. The first kappa shape index (κ1) is 26.3. The highest BCUT2D eigenvalue weighted by Crippen LogP contribution is 2.56. The fourth-order valence-corrected chi connectivity index (χ4v) is 253. The van der Waals surface area contributed by atoms with Crippen molar-refractivity contribution in [1.29, 1.82) is 10.5 Å². The highest BCUT2D eigenvalue weighted by atomic mass is 30.2. The van der Waals surface area contributed by atoms with Crippen LogP contribution in [0.25, 0.3) is 6.08 Å². The predicted molar refractivity (Wildman–Crippen MR) is 160 cm³/mol. The third kappa shape index (κ3) is 3.08. The molecule has 3 rings (SSSR count). The van der Waals surface area contributed by atoms with Crippen molar-refractivity contribution in [2.45, 2.75) is 71.0 Å². The summed E-state index contributed by atoms with van der Waals surface area (Å²) >= 11 is 0. The molecule has 0 bridgehead atoms. The van der Waals surface area contributed by atoms with Gasteiger partial charge in [-0.2, -0.15) is 10.5 Å². The van der Waals surface area contributed by atoms with Crippen LogP contribution in [0.15, 0.2) is 54.1 Å². The van der Waals surface area contributed by atoms with E-state index in [9.17, 15) is 10.5 Å². The second-order valence-electron chi connectivity index (χ2n) is 12.5. The Morgan fingerprint density at radius 3 is 1.76 bits per heavy atom. The van der Waals surface area contributed by atoms with Gasteiger partial charge in [-0.25, -0.2) is 0 Å². The van der Waals surface area contributed by atoms with E-state index in [1.807, 2.05) is 6.08 Å². The zero-order valence-electron chi connectivity index (χ0n) is 22.2. The van der Waals surface area contributed by atoms with Crippen molar-refractivity contribution in [2.24, 2.45) is 0 Å². The Hall–Kier alpha value is -1.28. The Morgan fingerprint density at radius 2 is 1.24 bits per heavy atom. The molecule has 0 radical (unpaired) electrons. The lowest BCUT2D eigenvalue weighted by molar-refractivity contribution is 1.35. The molecule has 2 aliphatic rings. The smallest absolute Gasteiger partial charge is 0.130 e. The summed E-state index contributed by atoms with van der Waals surface area (Å²) in [4.78, 5) is 0. The minimum Gasteiger partial charge on any atom is -0.192 e. The van der Waals surface area contributed by atoms with Gasteiger partial charge in [0.15, 0.2) is 0 Å². The monoisotopic (exact) mass is 536 g/mol. The van der Waals surface area contributed by atoms with Crippen molar-refractivity contribution in [2.75, 3.05) is 0 Å². The van der Waals surface area contributed by atoms with Crippen molar-refractivity contribution in [3.05, 3.63) is 59.7 Å². The van der Waals surface area contributed by atoms with Crippen LogP contribution in [0.1, 0.15) is 5.56 Å². The van der Waals surface area contributed by atoms with Crippen LogP contribution in [0.2, 0.25) is 71.0 Å². The third-order valence-electron chi connectivity index (χ3n) is 11.7. The number of nitrogens with zero attached hydrogens (tertiary/aromatic N) is 2. The predicted octanol–water partition coefficient (Wildman–Crippen LogP) is 6.30. The Bertz CT molecular complexity index is 1120. The van der Waals surface area contributed by atoms with Crippen molar-refractivity contribution in [3.63, 3.8) is 0 Å². The lowest BCUT2D eigenvalue weighted by atomic mass is 10.1. The summed E-state index contributed by atoms with van der Waals surface area (Å²) in [6, 6.07) is 13.1.